The first-order valence-electron chi connectivity index (χ1n) is 10.7. The molecule has 33 heavy (non-hydrogen) atoms. The Balaban J connectivity index is 1.44. The minimum atomic E-state index is -0.330. The normalized spacial score (nSPS) is 15.4. The van der Waals surface area contributed by atoms with Crippen molar-refractivity contribution in [3.8, 4) is 11.3 Å². The summed E-state index contributed by atoms with van der Waals surface area (Å²) in [6.07, 6.45) is 7.40. The molecule has 1 saturated heterocycles. The smallest absolute Gasteiger partial charge is 0.255 e. The molecule has 1 N–H and O–H groups in total. The summed E-state index contributed by atoms with van der Waals surface area (Å²) in [7, 11) is 0. The van der Waals surface area contributed by atoms with Crippen molar-refractivity contribution < 1.29 is 9.18 Å². The molecule has 4 heterocycles. The first kappa shape index (κ1) is 20.7. The number of nitrogens with one attached hydrogen (secondary N) is 1. The largest absolute Gasteiger partial charge is 0.340 e. The van der Waals surface area contributed by atoms with Crippen LogP contribution in [0.3, 0.4) is 0 Å². The van der Waals surface area contributed by atoms with Gasteiger partial charge in [-0.1, -0.05) is 6.07 Å². The van der Waals surface area contributed by atoms with Crippen molar-refractivity contribution in [1.29, 1.82) is 0 Å². The zero-order valence-corrected chi connectivity index (χ0v) is 17.7. The number of nitrogens with zero attached hydrogens (tertiary/aromatic N) is 5. The molecule has 164 valence electrons. The van der Waals surface area contributed by atoms with E-state index in [1.165, 1.54) is 12.1 Å². The average Bonchev–Trinajstić information content (AvgIpc) is 3.35. The molecule has 0 bridgehead atoms. The maximum Gasteiger partial charge on any atom is 0.255 e. The van der Waals surface area contributed by atoms with Gasteiger partial charge in [0.15, 0.2) is 0 Å². The topological polar surface area (TPSA) is 83.9 Å². The van der Waals surface area contributed by atoms with Gasteiger partial charge in [-0.05, 0) is 48.9 Å². The molecule has 1 fully saturated rings. The van der Waals surface area contributed by atoms with Crippen LogP contribution in [-0.2, 0) is 0 Å². The zero-order chi connectivity index (χ0) is 22.6. The van der Waals surface area contributed by atoms with Gasteiger partial charge in [-0.15, -0.1) is 0 Å². The molecule has 7 nitrogen and oxygen atoms in total. The lowest BCUT2D eigenvalue weighted by Crippen LogP contribution is -2.28. The van der Waals surface area contributed by atoms with Gasteiger partial charge in [0.05, 0.1) is 11.3 Å². The maximum atomic E-state index is 13.7. The molecule has 0 unspecified atom stereocenters. The summed E-state index contributed by atoms with van der Waals surface area (Å²) in [6, 6.07) is 15.3. The third-order valence-corrected chi connectivity index (χ3v) is 5.57. The van der Waals surface area contributed by atoms with Gasteiger partial charge in [-0.3, -0.25) is 14.8 Å². The Morgan fingerprint density at radius 1 is 1.00 bits per heavy atom. The summed E-state index contributed by atoms with van der Waals surface area (Å²) in [5.74, 6) is 0.817. The van der Waals surface area contributed by atoms with Gasteiger partial charge in [0.2, 0.25) is 0 Å². The molecule has 0 aliphatic carbocycles. The number of carbonyl (C=O) groups excluding carboxylic acids is 1. The number of anilines is 2. The van der Waals surface area contributed by atoms with Crippen molar-refractivity contribution >= 4 is 17.4 Å². The predicted molar refractivity (Wildman–Crippen MR) is 122 cm³/mol. The molecule has 1 aliphatic rings. The van der Waals surface area contributed by atoms with Crippen LogP contribution in [0.25, 0.3) is 11.3 Å². The predicted octanol–water partition coefficient (Wildman–Crippen LogP) is 4.45. The van der Waals surface area contributed by atoms with E-state index in [4.69, 9.17) is 9.97 Å². The highest BCUT2D eigenvalue weighted by Crippen LogP contribution is 2.30. The van der Waals surface area contributed by atoms with Gasteiger partial charge >= 0.3 is 0 Å². The van der Waals surface area contributed by atoms with E-state index in [1.807, 2.05) is 23.1 Å². The average molecular weight is 440 g/mol. The number of halogens is 1. The van der Waals surface area contributed by atoms with E-state index >= 15 is 0 Å². The highest BCUT2D eigenvalue weighted by atomic mass is 19.1. The van der Waals surface area contributed by atoms with Crippen molar-refractivity contribution in [3.63, 3.8) is 0 Å². The molecule has 1 amide bonds. The van der Waals surface area contributed by atoms with Crippen LogP contribution >= 0.6 is 0 Å². The van der Waals surface area contributed by atoms with E-state index in [0.717, 1.165) is 17.7 Å². The van der Waals surface area contributed by atoms with Gasteiger partial charge in [0.25, 0.3) is 5.91 Å². The second kappa shape index (κ2) is 9.12. The van der Waals surface area contributed by atoms with Gasteiger partial charge in [-0.2, -0.15) is 0 Å². The first-order chi connectivity index (χ1) is 16.2. The summed E-state index contributed by atoms with van der Waals surface area (Å²) in [5, 5.41) is 3.18. The molecule has 0 saturated carbocycles. The minimum Gasteiger partial charge on any atom is -0.340 e. The summed E-state index contributed by atoms with van der Waals surface area (Å²) in [4.78, 5) is 32.3. The monoisotopic (exact) mass is 440 g/mol. The van der Waals surface area contributed by atoms with E-state index in [0.29, 0.717) is 36.0 Å². The van der Waals surface area contributed by atoms with Gasteiger partial charge in [-0.25, -0.2) is 14.4 Å². The molecule has 1 aliphatic heterocycles. The van der Waals surface area contributed by atoms with E-state index in [1.54, 1.807) is 49.1 Å². The second-order valence-corrected chi connectivity index (χ2v) is 7.85. The summed E-state index contributed by atoms with van der Waals surface area (Å²) in [5.41, 5.74) is 2.80. The molecular weight excluding hydrogens is 419 g/mol. The van der Waals surface area contributed by atoms with Crippen LogP contribution in [0.15, 0.2) is 79.4 Å². The Labute approximate surface area is 190 Å². The lowest BCUT2D eigenvalue weighted by molar-refractivity contribution is 0.0790. The second-order valence-electron chi connectivity index (χ2n) is 7.85. The van der Waals surface area contributed by atoms with E-state index in [9.17, 15) is 9.18 Å². The molecule has 0 spiro atoms. The Bertz CT molecular complexity index is 1270. The van der Waals surface area contributed by atoms with Crippen molar-refractivity contribution in [3.05, 3.63) is 96.6 Å². The van der Waals surface area contributed by atoms with Crippen LogP contribution in [0.5, 0.6) is 0 Å². The van der Waals surface area contributed by atoms with Gasteiger partial charge < -0.3 is 10.2 Å². The molecule has 1 aromatic carbocycles. The van der Waals surface area contributed by atoms with Crippen molar-refractivity contribution in [2.45, 2.75) is 12.3 Å². The fourth-order valence-corrected chi connectivity index (χ4v) is 3.92. The lowest BCUT2D eigenvalue weighted by Gasteiger charge is -2.17. The number of benzene rings is 1. The van der Waals surface area contributed by atoms with Crippen LogP contribution in [0.4, 0.5) is 15.9 Å². The highest BCUT2D eigenvalue weighted by Gasteiger charge is 2.30. The number of hydrogen-bond acceptors (Lipinski definition) is 6. The molecule has 3 aromatic heterocycles. The number of pyridine rings is 2. The number of amides is 1. The molecule has 4 aromatic rings. The van der Waals surface area contributed by atoms with Crippen LogP contribution in [0, 0.1) is 5.82 Å². The van der Waals surface area contributed by atoms with Crippen molar-refractivity contribution in [2.75, 3.05) is 18.4 Å². The van der Waals surface area contributed by atoms with Crippen molar-refractivity contribution in [1.82, 2.24) is 24.8 Å². The van der Waals surface area contributed by atoms with E-state index in [-0.39, 0.29) is 17.6 Å². The quantitative estimate of drug-likeness (QED) is 0.494. The van der Waals surface area contributed by atoms with Gasteiger partial charge in [0.1, 0.15) is 17.5 Å². The Morgan fingerprint density at radius 3 is 2.67 bits per heavy atom. The van der Waals surface area contributed by atoms with E-state index < -0.39 is 0 Å². The first-order valence-corrected chi connectivity index (χ1v) is 10.7. The summed E-state index contributed by atoms with van der Waals surface area (Å²) in [6.45, 7) is 1.14. The maximum absolute atomic E-state index is 13.7. The third kappa shape index (κ3) is 4.69. The van der Waals surface area contributed by atoms with Crippen LogP contribution in [0.1, 0.15) is 28.5 Å². The standard InChI is InChI=1S/C25H21FN6O/c26-20-4-1-5-21(13-20)29-23-14-22(17-6-10-27-11-7-17)30-24(31-23)19-8-12-32(16-19)25(33)18-3-2-9-28-15-18/h1-7,9-11,13-15,19H,8,12,16H2,(H,29,30,31)/t19-/m0/s1. The van der Waals surface area contributed by atoms with Crippen LogP contribution in [0.2, 0.25) is 0 Å². The third-order valence-electron chi connectivity index (χ3n) is 5.57. The fraction of sp³-hybridized carbons (Fsp3) is 0.160. The van der Waals surface area contributed by atoms with Crippen LogP contribution in [-0.4, -0.2) is 43.8 Å². The molecule has 0 radical (unpaired) electrons. The highest BCUT2D eigenvalue weighted by molar-refractivity contribution is 5.94. The zero-order valence-electron chi connectivity index (χ0n) is 17.7. The molecule has 8 heteroatoms. The molecule has 5 rings (SSSR count). The number of hydrogen-bond donors (Lipinski definition) is 1. The number of likely N-dealkylation sites (tertiary alicyclic amines) is 1. The summed E-state index contributed by atoms with van der Waals surface area (Å²) < 4.78 is 13.7. The van der Waals surface area contributed by atoms with Crippen LogP contribution < -0.4 is 5.32 Å². The lowest BCUT2D eigenvalue weighted by atomic mass is 10.1. The summed E-state index contributed by atoms with van der Waals surface area (Å²) >= 11 is 0. The number of aromatic nitrogens is 4. The Morgan fingerprint density at radius 2 is 1.88 bits per heavy atom. The minimum absolute atomic E-state index is 0.0135. The fourth-order valence-electron chi connectivity index (χ4n) is 3.92. The number of carbonyl (C=O) groups is 1. The Kier molecular flexibility index (Phi) is 5.72. The molecule has 1 atom stereocenters. The Hall–Kier alpha value is -4.20. The van der Waals surface area contributed by atoms with Gasteiger partial charge in [0, 0.05) is 61.1 Å². The number of rotatable bonds is 5. The van der Waals surface area contributed by atoms with Crippen molar-refractivity contribution in [2.24, 2.45) is 0 Å². The SMILES string of the molecule is O=C(c1cccnc1)N1CC[C@H](c2nc(Nc3cccc(F)c3)cc(-c3ccncc3)n2)C1. The van der Waals surface area contributed by atoms with E-state index in [2.05, 4.69) is 15.3 Å². The molecular formula is C25H21FN6O.